The summed E-state index contributed by atoms with van der Waals surface area (Å²) in [7, 11) is 0. The normalized spacial score (nSPS) is 9.33. The molecule has 0 radical (unpaired) electrons. The average molecular weight is 412 g/mol. The van der Waals surface area contributed by atoms with Crippen LogP contribution in [-0.4, -0.2) is 17.4 Å². The molecule has 0 saturated heterocycles. The molecule has 1 heterocycles. The van der Waals surface area contributed by atoms with Crippen LogP contribution in [-0.2, 0) is 6.42 Å². The summed E-state index contributed by atoms with van der Waals surface area (Å²) >= 11 is 11.9. The van der Waals surface area contributed by atoms with E-state index in [2.05, 4.69) is 15.6 Å². The Morgan fingerprint density at radius 2 is 1.70 bits per heavy atom. The van der Waals surface area contributed by atoms with Crippen molar-refractivity contribution in [1.29, 1.82) is 0 Å². The third-order valence-corrected chi connectivity index (χ3v) is 4.08. The minimum absolute atomic E-state index is 0.0858. The Labute approximate surface area is 173 Å². The van der Waals surface area contributed by atoms with Crippen molar-refractivity contribution >= 4 is 40.6 Å². The molecule has 1 aromatic heterocycles. The number of hydrogen-bond acceptors (Lipinski definition) is 3. The van der Waals surface area contributed by atoms with Gasteiger partial charge in [-0.15, -0.1) is 0 Å². The number of carbonyl (C=O) groups is 1. The predicted molar refractivity (Wildman–Crippen MR) is 119 cm³/mol. The van der Waals surface area contributed by atoms with Gasteiger partial charge in [0, 0.05) is 18.4 Å². The van der Waals surface area contributed by atoms with Gasteiger partial charge in [-0.2, -0.15) is 0 Å². The molecule has 6 heteroatoms. The van der Waals surface area contributed by atoms with Crippen LogP contribution in [0.25, 0.3) is 0 Å². The van der Waals surface area contributed by atoms with Crippen LogP contribution in [0.1, 0.15) is 63.9 Å². The molecule has 2 N–H and O–H groups in total. The van der Waals surface area contributed by atoms with Crippen molar-refractivity contribution < 1.29 is 4.79 Å². The van der Waals surface area contributed by atoms with E-state index < -0.39 is 0 Å². The monoisotopic (exact) mass is 411 g/mol. The largest absolute Gasteiger partial charge is 0.352 e. The molecule has 0 saturated carbocycles. The van der Waals surface area contributed by atoms with Crippen molar-refractivity contribution in [2.75, 3.05) is 11.9 Å². The number of hydrogen-bond donors (Lipinski definition) is 2. The first-order chi connectivity index (χ1) is 13.0. The summed E-state index contributed by atoms with van der Waals surface area (Å²) in [5.74, 6) is 0.574. The number of anilines is 2. The number of nitrogens with zero attached hydrogens (tertiary/aromatic N) is 1. The van der Waals surface area contributed by atoms with Crippen molar-refractivity contribution in [3.8, 4) is 0 Å². The minimum Gasteiger partial charge on any atom is -0.352 e. The predicted octanol–water partition coefficient (Wildman–Crippen LogP) is 6.89. The van der Waals surface area contributed by atoms with Crippen molar-refractivity contribution in [2.45, 2.75) is 54.4 Å². The number of halogens is 2. The maximum atomic E-state index is 12.1. The Kier molecular flexibility index (Phi) is 13.4. The van der Waals surface area contributed by atoms with E-state index in [0.717, 1.165) is 24.1 Å². The summed E-state index contributed by atoms with van der Waals surface area (Å²) in [6, 6.07) is 7.16. The van der Waals surface area contributed by atoms with Gasteiger partial charge in [-0.1, -0.05) is 64.7 Å². The highest BCUT2D eigenvalue weighted by atomic mass is 35.5. The number of aromatic nitrogens is 1. The lowest BCUT2D eigenvalue weighted by atomic mass is 10.1. The second-order valence-electron chi connectivity index (χ2n) is 5.09. The highest BCUT2D eigenvalue weighted by Gasteiger charge is 2.12. The smallest absolute Gasteiger partial charge is 0.253 e. The molecule has 2 aromatic rings. The molecule has 1 amide bonds. The third kappa shape index (κ3) is 8.19. The molecule has 0 aliphatic heterocycles. The van der Waals surface area contributed by atoms with Crippen molar-refractivity contribution in [1.82, 2.24) is 10.3 Å². The number of carbonyl (C=O) groups excluding carboxylic acids is 1. The van der Waals surface area contributed by atoms with E-state index >= 15 is 0 Å². The SMILES string of the molecule is CC.CC.CCCNC(=O)c1cnc(Nc2ccc(Cl)c(Cl)c2)cc1CC. The first-order valence-electron chi connectivity index (χ1n) is 9.54. The van der Waals surface area contributed by atoms with E-state index in [1.54, 1.807) is 18.3 Å². The lowest BCUT2D eigenvalue weighted by molar-refractivity contribution is 0.0952. The molecule has 2 rings (SSSR count). The van der Waals surface area contributed by atoms with Crippen LogP contribution in [0.3, 0.4) is 0 Å². The molecule has 27 heavy (non-hydrogen) atoms. The number of nitrogens with one attached hydrogen (secondary N) is 2. The lowest BCUT2D eigenvalue weighted by Gasteiger charge is -2.12. The van der Waals surface area contributed by atoms with Crippen LogP contribution in [0.2, 0.25) is 10.0 Å². The zero-order valence-corrected chi connectivity index (χ0v) is 18.6. The third-order valence-electron chi connectivity index (χ3n) is 3.34. The fraction of sp³-hybridized carbons (Fsp3) is 0.429. The van der Waals surface area contributed by atoms with Crippen LogP contribution < -0.4 is 10.6 Å². The summed E-state index contributed by atoms with van der Waals surface area (Å²) in [6.07, 6.45) is 3.24. The van der Waals surface area contributed by atoms with Gasteiger partial charge in [0.05, 0.1) is 15.6 Å². The molecule has 4 nitrogen and oxygen atoms in total. The number of rotatable bonds is 6. The molecule has 0 atom stereocenters. The Balaban J connectivity index is 0.00000158. The van der Waals surface area contributed by atoms with Gasteiger partial charge in [0.25, 0.3) is 5.91 Å². The van der Waals surface area contributed by atoms with E-state index in [9.17, 15) is 4.79 Å². The van der Waals surface area contributed by atoms with Crippen LogP contribution >= 0.6 is 23.2 Å². The fourth-order valence-corrected chi connectivity index (χ4v) is 2.42. The summed E-state index contributed by atoms with van der Waals surface area (Å²) in [4.78, 5) is 16.4. The molecule has 0 spiro atoms. The zero-order chi connectivity index (χ0) is 20.8. The Morgan fingerprint density at radius 1 is 1.04 bits per heavy atom. The van der Waals surface area contributed by atoms with Gasteiger partial charge in [-0.25, -0.2) is 4.98 Å². The second kappa shape index (κ2) is 14.3. The van der Waals surface area contributed by atoms with Crippen molar-refractivity contribution in [3.63, 3.8) is 0 Å². The topological polar surface area (TPSA) is 54.0 Å². The number of amides is 1. The Hall–Kier alpha value is -1.78. The number of aryl methyl sites for hydroxylation is 1. The maximum Gasteiger partial charge on any atom is 0.253 e. The van der Waals surface area contributed by atoms with E-state index in [0.29, 0.717) is 28.0 Å². The standard InChI is InChI=1S/C17H19Cl2N3O.2C2H6/c1-3-7-20-17(23)13-10-21-16(8-11(13)4-2)22-12-5-6-14(18)15(19)9-12;2*1-2/h5-6,8-10H,3-4,7H2,1-2H3,(H,20,23)(H,21,22);2*1-2H3. The minimum atomic E-state index is -0.0858. The molecule has 0 unspecified atom stereocenters. The van der Waals surface area contributed by atoms with Gasteiger partial charge in [-0.05, 0) is 42.7 Å². The van der Waals surface area contributed by atoms with E-state index in [-0.39, 0.29) is 5.91 Å². The first kappa shape index (κ1) is 25.2. The molecular formula is C21H31Cl2N3O. The molecule has 0 aliphatic rings. The number of benzene rings is 1. The van der Waals surface area contributed by atoms with Gasteiger partial charge < -0.3 is 10.6 Å². The zero-order valence-electron chi connectivity index (χ0n) is 17.1. The highest BCUT2D eigenvalue weighted by molar-refractivity contribution is 6.42. The van der Waals surface area contributed by atoms with Crippen LogP contribution in [0.15, 0.2) is 30.5 Å². The molecule has 0 fully saturated rings. The quantitative estimate of drug-likeness (QED) is 0.543. The summed E-state index contributed by atoms with van der Waals surface area (Å²) in [5.41, 5.74) is 2.34. The summed E-state index contributed by atoms with van der Waals surface area (Å²) in [5, 5.41) is 7.02. The summed E-state index contributed by atoms with van der Waals surface area (Å²) < 4.78 is 0. The Bertz CT molecular complexity index is 706. The van der Waals surface area contributed by atoms with Gasteiger partial charge in [-0.3, -0.25) is 4.79 Å². The van der Waals surface area contributed by atoms with Crippen molar-refractivity contribution in [2.24, 2.45) is 0 Å². The molecule has 0 bridgehead atoms. The van der Waals surface area contributed by atoms with Gasteiger partial charge in [0.1, 0.15) is 5.82 Å². The van der Waals surface area contributed by atoms with E-state index in [1.807, 2.05) is 53.7 Å². The van der Waals surface area contributed by atoms with Gasteiger partial charge in [0.2, 0.25) is 0 Å². The lowest BCUT2D eigenvalue weighted by Crippen LogP contribution is -2.25. The van der Waals surface area contributed by atoms with Gasteiger partial charge >= 0.3 is 0 Å². The average Bonchev–Trinajstić information content (AvgIpc) is 2.71. The van der Waals surface area contributed by atoms with Crippen LogP contribution in [0.4, 0.5) is 11.5 Å². The molecule has 1 aromatic carbocycles. The molecular weight excluding hydrogens is 381 g/mol. The van der Waals surface area contributed by atoms with Crippen LogP contribution in [0, 0.1) is 0 Å². The first-order valence-corrected chi connectivity index (χ1v) is 10.3. The second-order valence-corrected chi connectivity index (χ2v) is 5.90. The fourth-order valence-electron chi connectivity index (χ4n) is 2.12. The molecule has 150 valence electrons. The Morgan fingerprint density at radius 3 is 2.26 bits per heavy atom. The summed E-state index contributed by atoms with van der Waals surface area (Å²) in [6.45, 7) is 12.7. The maximum absolute atomic E-state index is 12.1. The van der Waals surface area contributed by atoms with Crippen molar-refractivity contribution in [3.05, 3.63) is 51.6 Å². The highest BCUT2D eigenvalue weighted by Crippen LogP contribution is 2.27. The van der Waals surface area contributed by atoms with Gasteiger partial charge in [0.15, 0.2) is 0 Å². The van der Waals surface area contributed by atoms with E-state index in [1.165, 1.54) is 0 Å². The van der Waals surface area contributed by atoms with E-state index in [4.69, 9.17) is 23.2 Å². The molecule has 0 aliphatic carbocycles. The van der Waals surface area contributed by atoms with Crippen LogP contribution in [0.5, 0.6) is 0 Å². The number of pyridine rings is 1.